The third kappa shape index (κ3) is 4.54. The summed E-state index contributed by atoms with van der Waals surface area (Å²) in [5, 5.41) is 3.01. The zero-order valence-electron chi connectivity index (χ0n) is 16.5. The first-order chi connectivity index (χ1) is 14.2. The molecule has 1 aliphatic heterocycles. The van der Waals surface area contributed by atoms with Crippen molar-refractivity contribution in [3.05, 3.63) is 84.3 Å². The largest absolute Gasteiger partial charge is 0.367 e. The van der Waals surface area contributed by atoms with Gasteiger partial charge in [0.25, 0.3) is 5.91 Å². The highest BCUT2D eigenvalue weighted by Crippen LogP contribution is 2.19. The first-order valence-corrected chi connectivity index (χ1v) is 9.93. The van der Waals surface area contributed by atoms with E-state index in [2.05, 4.69) is 25.1 Å². The van der Waals surface area contributed by atoms with Gasteiger partial charge in [-0.3, -0.25) is 4.79 Å². The van der Waals surface area contributed by atoms with Gasteiger partial charge in [0, 0.05) is 32.4 Å². The molecule has 0 aliphatic carbocycles. The fourth-order valence-corrected chi connectivity index (χ4v) is 3.54. The fourth-order valence-electron chi connectivity index (χ4n) is 3.54. The average Bonchev–Trinajstić information content (AvgIpc) is 2.80. The fraction of sp³-hybridized carbons (Fsp3) is 0.261. The molecule has 148 valence electrons. The molecule has 1 atom stereocenters. The zero-order chi connectivity index (χ0) is 20.1. The molecule has 2 aromatic heterocycles. The summed E-state index contributed by atoms with van der Waals surface area (Å²) in [4.78, 5) is 25.9. The Hall–Kier alpha value is -3.41. The van der Waals surface area contributed by atoms with Gasteiger partial charge in [-0.15, -0.1) is 0 Å². The topological polar surface area (TPSA) is 61.4 Å². The van der Waals surface area contributed by atoms with E-state index in [0.29, 0.717) is 5.69 Å². The number of piperazine rings is 1. The lowest BCUT2D eigenvalue weighted by Gasteiger charge is -2.36. The molecular weight excluding hydrogens is 362 g/mol. The van der Waals surface area contributed by atoms with Crippen LogP contribution < -0.4 is 15.1 Å². The van der Waals surface area contributed by atoms with Crippen molar-refractivity contribution in [1.82, 2.24) is 15.3 Å². The number of carbonyl (C=O) groups excluding carboxylic acids is 1. The van der Waals surface area contributed by atoms with Gasteiger partial charge in [-0.1, -0.05) is 36.4 Å². The van der Waals surface area contributed by atoms with Gasteiger partial charge in [0.1, 0.15) is 11.5 Å². The number of hydrogen-bond acceptors (Lipinski definition) is 5. The predicted molar refractivity (Wildman–Crippen MR) is 115 cm³/mol. The molecule has 0 spiro atoms. The van der Waals surface area contributed by atoms with Gasteiger partial charge in [0.15, 0.2) is 0 Å². The summed E-state index contributed by atoms with van der Waals surface area (Å²) in [6, 6.07) is 19.6. The highest BCUT2D eigenvalue weighted by Gasteiger charge is 2.19. The number of rotatable bonds is 5. The van der Waals surface area contributed by atoms with Crippen molar-refractivity contribution in [2.24, 2.45) is 0 Å². The number of amides is 1. The molecule has 4 rings (SSSR count). The normalized spacial score (nSPS) is 15.1. The summed E-state index contributed by atoms with van der Waals surface area (Å²) < 4.78 is 0. The van der Waals surface area contributed by atoms with Crippen molar-refractivity contribution in [3.63, 3.8) is 0 Å². The van der Waals surface area contributed by atoms with Gasteiger partial charge in [0.2, 0.25) is 0 Å². The number of hydrogen-bond donors (Lipinski definition) is 1. The molecule has 1 amide bonds. The number of anilines is 2. The minimum Gasteiger partial charge on any atom is -0.367 e. The van der Waals surface area contributed by atoms with Crippen molar-refractivity contribution in [1.29, 1.82) is 0 Å². The molecule has 0 saturated carbocycles. The minimum atomic E-state index is -0.159. The Bertz CT molecular complexity index is 923. The number of carbonyl (C=O) groups is 1. The Morgan fingerprint density at radius 1 is 0.897 bits per heavy atom. The molecule has 1 N–H and O–H groups in total. The first-order valence-electron chi connectivity index (χ1n) is 9.93. The maximum absolute atomic E-state index is 12.5. The zero-order valence-corrected chi connectivity index (χ0v) is 16.5. The Morgan fingerprint density at radius 2 is 1.62 bits per heavy atom. The lowest BCUT2D eigenvalue weighted by molar-refractivity contribution is 0.0935. The lowest BCUT2D eigenvalue weighted by atomic mass is 10.1. The van der Waals surface area contributed by atoms with Crippen molar-refractivity contribution in [2.45, 2.75) is 13.0 Å². The molecule has 3 heterocycles. The molecule has 29 heavy (non-hydrogen) atoms. The molecular formula is C23H25N5O. The van der Waals surface area contributed by atoms with Crippen LogP contribution in [0.4, 0.5) is 11.5 Å². The highest BCUT2D eigenvalue weighted by atomic mass is 16.1. The molecule has 6 nitrogen and oxygen atoms in total. The standard InChI is InChI=1S/C23H25N5O/c1-18(19-7-3-2-4-8-19)26-23(29)21-11-10-20(17-25-21)27-13-15-28(16-14-27)22-9-5-6-12-24-22/h2-12,17-18H,13-16H2,1H3,(H,26,29). The molecule has 1 saturated heterocycles. The van der Waals surface area contributed by atoms with Crippen LogP contribution in [0.25, 0.3) is 0 Å². The number of nitrogens with one attached hydrogen (secondary N) is 1. The third-order valence-electron chi connectivity index (χ3n) is 5.25. The van der Waals surface area contributed by atoms with E-state index in [1.807, 2.05) is 67.7 Å². The highest BCUT2D eigenvalue weighted by molar-refractivity contribution is 5.92. The van der Waals surface area contributed by atoms with Crippen LogP contribution in [-0.4, -0.2) is 42.1 Å². The molecule has 1 unspecified atom stereocenters. The van der Waals surface area contributed by atoms with Gasteiger partial charge in [-0.2, -0.15) is 0 Å². The van der Waals surface area contributed by atoms with Gasteiger partial charge >= 0.3 is 0 Å². The second-order valence-electron chi connectivity index (χ2n) is 7.17. The van der Waals surface area contributed by atoms with E-state index in [1.165, 1.54) is 0 Å². The predicted octanol–water partition coefficient (Wildman–Crippen LogP) is 3.29. The Kier molecular flexibility index (Phi) is 5.70. The van der Waals surface area contributed by atoms with E-state index in [0.717, 1.165) is 43.2 Å². The minimum absolute atomic E-state index is 0.0650. The summed E-state index contributed by atoms with van der Waals surface area (Å²) in [7, 11) is 0. The van der Waals surface area contributed by atoms with Crippen molar-refractivity contribution in [2.75, 3.05) is 36.0 Å². The SMILES string of the molecule is CC(NC(=O)c1ccc(N2CCN(c3ccccn3)CC2)cn1)c1ccccc1. The van der Waals surface area contributed by atoms with Gasteiger partial charge in [0.05, 0.1) is 17.9 Å². The Labute approximate surface area is 171 Å². The van der Waals surface area contributed by atoms with E-state index in [1.54, 1.807) is 12.3 Å². The van der Waals surface area contributed by atoms with Gasteiger partial charge < -0.3 is 15.1 Å². The summed E-state index contributed by atoms with van der Waals surface area (Å²) >= 11 is 0. The second kappa shape index (κ2) is 8.73. The van der Waals surface area contributed by atoms with Crippen LogP contribution in [0, 0.1) is 0 Å². The van der Waals surface area contributed by atoms with E-state index in [9.17, 15) is 4.79 Å². The van der Waals surface area contributed by atoms with Crippen molar-refractivity contribution < 1.29 is 4.79 Å². The molecule has 0 radical (unpaired) electrons. The van der Waals surface area contributed by atoms with E-state index < -0.39 is 0 Å². The third-order valence-corrected chi connectivity index (χ3v) is 5.25. The van der Waals surface area contributed by atoms with Crippen LogP contribution in [0.2, 0.25) is 0 Å². The van der Waals surface area contributed by atoms with Crippen molar-refractivity contribution >= 4 is 17.4 Å². The summed E-state index contributed by atoms with van der Waals surface area (Å²) in [6.45, 7) is 5.59. The quantitative estimate of drug-likeness (QED) is 0.728. The summed E-state index contributed by atoms with van der Waals surface area (Å²) in [5.41, 5.74) is 2.55. The van der Waals surface area contributed by atoms with Crippen LogP contribution in [0.15, 0.2) is 73.1 Å². The van der Waals surface area contributed by atoms with E-state index in [4.69, 9.17) is 0 Å². The average molecular weight is 387 g/mol. The smallest absolute Gasteiger partial charge is 0.270 e. The van der Waals surface area contributed by atoms with Crippen molar-refractivity contribution in [3.8, 4) is 0 Å². The first kappa shape index (κ1) is 18.9. The molecule has 1 aliphatic rings. The Balaban J connectivity index is 1.34. The van der Waals surface area contributed by atoms with Gasteiger partial charge in [-0.25, -0.2) is 9.97 Å². The Morgan fingerprint density at radius 3 is 2.28 bits per heavy atom. The number of aromatic nitrogens is 2. The maximum Gasteiger partial charge on any atom is 0.270 e. The lowest BCUT2D eigenvalue weighted by Crippen LogP contribution is -2.46. The molecule has 3 aromatic rings. The number of pyridine rings is 2. The van der Waals surface area contributed by atoms with Crippen LogP contribution in [0.1, 0.15) is 29.0 Å². The second-order valence-corrected chi connectivity index (χ2v) is 7.17. The monoisotopic (exact) mass is 387 g/mol. The summed E-state index contributed by atoms with van der Waals surface area (Å²) in [6.07, 6.45) is 3.62. The number of nitrogens with zero attached hydrogens (tertiary/aromatic N) is 4. The molecule has 1 fully saturated rings. The van der Waals surface area contributed by atoms with Crippen LogP contribution >= 0.6 is 0 Å². The molecule has 1 aromatic carbocycles. The van der Waals surface area contributed by atoms with Gasteiger partial charge in [-0.05, 0) is 36.8 Å². The van der Waals surface area contributed by atoms with E-state index >= 15 is 0 Å². The van der Waals surface area contributed by atoms with Crippen LogP contribution in [0.3, 0.4) is 0 Å². The maximum atomic E-state index is 12.5. The number of benzene rings is 1. The van der Waals surface area contributed by atoms with Crippen LogP contribution in [0.5, 0.6) is 0 Å². The molecule has 6 heteroatoms. The van der Waals surface area contributed by atoms with Crippen LogP contribution in [-0.2, 0) is 0 Å². The summed E-state index contributed by atoms with van der Waals surface area (Å²) in [5.74, 6) is 0.859. The van der Waals surface area contributed by atoms with E-state index in [-0.39, 0.29) is 11.9 Å². The molecule has 0 bridgehead atoms.